The minimum absolute atomic E-state index is 0. The van der Waals surface area contributed by atoms with Crippen molar-refractivity contribution in [3.63, 3.8) is 0 Å². The summed E-state index contributed by atoms with van der Waals surface area (Å²) in [5.41, 5.74) is 0. The Morgan fingerprint density at radius 3 is 1.83 bits per heavy atom. The molecule has 0 N–H and O–H groups in total. The lowest BCUT2D eigenvalue weighted by atomic mass is 10.2. The molecule has 0 unspecified atom stereocenters. The molecular formula is C10H16ClN. The Labute approximate surface area is 81.9 Å². The zero-order valence-electron chi connectivity index (χ0n) is 7.71. The van der Waals surface area contributed by atoms with Crippen LogP contribution < -0.4 is 0 Å². The largest absolute Gasteiger partial charge is 0.281 e. The van der Waals surface area contributed by atoms with Crippen LogP contribution >= 0.6 is 12.4 Å². The lowest BCUT2D eigenvalue weighted by Gasteiger charge is -2.18. The van der Waals surface area contributed by atoms with Gasteiger partial charge in [-0.2, -0.15) is 0 Å². The molecule has 0 aliphatic rings. The van der Waals surface area contributed by atoms with Crippen molar-refractivity contribution in [2.75, 3.05) is 19.6 Å². The highest BCUT2D eigenvalue weighted by molar-refractivity contribution is 5.85. The Balaban J connectivity index is 0. The minimum atomic E-state index is 0. The summed E-state index contributed by atoms with van der Waals surface area (Å²) in [4.78, 5) is 2.09. The van der Waals surface area contributed by atoms with E-state index in [1.807, 2.05) is 0 Å². The van der Waals surface area contributed by atoms with Crippen LogP contribution in [-0.2, 0) is 0 Å². The number of terminal acetylenes is 2. The molecule has 0 saturated carbocycles. The first-order chi connectivity index (χ1) is 5.20. The Morgan fingerprint density at radius 1 is 1.17 bits per heavy atom. The fourth-order valence-electron chi connectivity index (χ4n) is 0.960. The van der Waals surface area contributed by atoms with E-state index < -0.39 is 0 Å². The van der Waals surface area contributed by atoms with Crippen LogP contribution in [0.5, 0.6) is 0 Å². The van der Waals surface area contributed by atoms with Crippen molar-refractivity contribution < 1.29 is 0 Å². The average molecular weight is 186 g/mol. The van der Waals surface area contributed by atoms with Gasteiger partial charge in [0.15, 0.2) is 0 Å². The average Bonchev–Trinajstić information content (AvgIpc) is 1.87. The van der Waals surface area contributed by atoms with Gasteiger partial charge in [0.25, 0.3) is 0 Å². The molecule has 0 aromatic heterocycles. The van der Waals surface area contributed by atoms with Crippen molar-refractivity contribution in [3.05, 3.63) is 0 Å². The third-order valence-corrected chi connectivity index (χ3v) is 1.25. The summed E-state index contributed by atoms with van der Waals surface area (Å²) < 4.78 is 0. The van der Waals surface area contributed by atoms with Gasteiger partial charge < -0.3 is 0 Å². The summed E-state index contributed by atoms with van der Waals surface area (Å²) in [5, 5.41) is 0. The lowest BCUT2D eigenvalue weighted by molar-refractivity contribution is 0.303. The number of nitrogens with zero attached hydrogens (tertiary/aromatic N) is 1. The lowest BCUT2D eigenvalue weighted by Crippen LogP contribution is -2.28. The Hall–Kier alpha value is -0.630. The van der Waals surface area contributed by atoms with Gasteiger partial charge in [-0.25, -0.2) is 0 Å². The van der Waals surface area contributed by atoms with E-state index in [1.165, 1.54) is 0 Å². The molecule has 68 valence electrons. The second kappa shape index (κ2) is 8.47. The molecule has 0 aliphatic carbocycles. The van der Waals surface area contributed by atoms with Crippen LogP contribution in [0.4, 0.5) is 0 Å². The van der Waals surface area contributed by atoms with E-state index in [-0.39, 0.29) is 12.4 Å². The van der Waals surface area contributed by atoms with Crippen LogP contribution in [0.3, 0.4) is 0 Å². The van der Waals surface area contributed by atoms with E-state index in [0.717, 1.165) is 6.54 Å². The summed E-state index contributed by atoms with van der Waals surface area (Å²) in [5.74, 6) is 5.80. The van der Waals surface area contributed by atoms with Gasteiger partial charge in [0.2, 0.25) is 0 Å². The van der Waals surface area contributed by atoms with Crippen molar-refractivity contribution in [2.45, 2.75) is 13.8 Å². The smallest absolute Gasteiger partial charge is 0.0607 e. The SMILES string of the molecule is C#CCN(CC#C)CC(C)C.Cl. The topological polar surface area (TPSA) is 3.24 Å². The highest BCUT2D eigenvalue weighted by atomic mass is 35.5. The molecule has 12 heavy (non-hydrogen) atoms. The molecule has 0 heterocycles. The fourth-order valence-corrected chi connectivity index (χ4v) is 0.960. The van der Waals surface area contributed by atoms with Crippen LogP contribution in [0.15, 0.2) is 0 Å². The monoisotopic (exact) mass is 185 g/mol. The zero-order valence-corrected chi connectivity index (χ0v) is 8.53. The van der Waals surface area contributed by atoms with E-state index in [1.54, 1.807) is 0 Å². The first-order valence-electron chi connectivity index (χ1n) is 3.80. The van der Waals surface area contributed by atoms with Crippen LogP contribution in [-0.4, -0.2) is 24.5 Å². The van der Waals surface area contributed by atoms with E-state index in [2.05, 4.69) is 30.6 Å². The van der Waals surface area contributed by atoms with Gasteiger partial charge in [0, 0.05) is 6.54 Å². The molecule has 0 amide bonds. The molecule has 2 heteroatoms. The Kier molecular flexibility index (Phi) is 9.83. The number of hydrogen-bond acceptors (Lipinski definition) is 1. The van der Waals surface area contributed by atoms with Crippen molar-refractivity contribution in [1.82, 2.24) is 4.90 Å². The summed E-state index contributed by atoms with van der Waals surface area (Å²) >= 11 is 0. The zero-order chi connectivity index (χ0) is 8.69. The molecule has 0 radical (unpaired) electrons. The second-order valence-electron chi connectivity index (χ2n) is 2.97. The molecular weight excluding hydrogens is 170 g/mol. The van der Waals surface area contributed by atoms with Gasteiger partial charge in [0.1, 0.15) is 0 Å². The summed E-state index contributed by atoms with van der Waals surface area (Å²) in [6, 6.07) is 0. The first-order valence-corrected chi connectivity index (χ1v) is 3.80. The van der Waals surface area contributed by atoms with E-state index >= 15 is 0 Å². The third kappa shape index (κ3) is 7.48. The predicted octanol–water partition coefficient (Wildman–Crippen LogP) is 1.63. The standard InChI is InChI=1S/C10H15N.ClH/c1-5-7-11(8-6-2)9-10(3)4;/h1-2,10H,7-9H2,3-4H3;1H. The van der Waals surface area contributed by atoms with Gasteiger partial charge in [-0.3, -0.25) is 4.90 Å². The van der Waals surface area contributed by atoms with Crippen LogP contribution in [0, 0.1) is 30.6 Å². The molecule has 0 fully saturated rings. The van der Waals surface area contributed by atoms with E-state index in [0.29, 0.717) is 19.0 Å². The highest BCUT2D eigenvalue weighted by Gasteiger charge is 2.02. The molecule has 0 bridgehead atoms. The third-order valence-electron chi connectivity index (χ3n) is 1.25. The van der Waals surface area contributed by atoms with Crippen LogP contribution in [0.2, 0.25) is 0 Å². The maximum atomic E-state index is 5.18. The van der Waals surface area contributed by atoms with E-state index in [4.69, 9.17) is 12.8 Å². The molecule has 0 saturated heterocycles. The molecule has 1 nitrogen and oxygen atoms in total. The van der Waals surface area contributed by atoms with Crippen LogP contribution in [0.1, 0.15) is 13.8 Å². The maximum absolute atomic E-state index is 5.18. The number of rotatable bonds is 4. The quantitative estimate of drug-likeness (QED) is 0.602. The number of hydrogen-bond donors (Lipinski definition) is 0. The van der Waals surface area contributed by atoms with Crippen molar-refractivity contribution in [1.29, 1.82) is 0 Å². The van der Waals surface area contributed by atoms with Gasteiger partial charge in [-0.05, 0) is 5.92 Å². The Morgan fingerprint density at radius 2 is 1.58 bits per heavy atom. The van der Waals surface area contributed by atoms with Gasteiger partial charge in [-0.1, -0.05) is 25.7 Å². The molecule has 0 spiro atoms. The Bertz CT molecular complexity index is 157. The van der Waals surface area contributed by atoms with Gasteiger partial charge >= 0.3 is 0 Å². The normalized spacial score (nSPS) is 8.83. The van der Waals surface area contributed by atoms with Gasteiger partial charge in [0.05, 0.1) is 13.1 Å². The van der Waals surface area contributed by atoms with Gasteiger partial charge in [-0.15, -0.1) is 25.3 Å². The highest BCUT2D eigenvalue weighted by Crippen LogP contribution is 1.96. The van der Waals surface area contributed by atoms with E-state index in [9.17, 15) is 0 Å². The summed E-state index contributed by atoms with van der Waals surface area (Å²) in [6.07, 6.45) is 10.4. The molecule has 0 rings (SSSR count). The minimum Gasteiger partial charge on any atom is -0.281 e. The van der Waals surface area contributed by atoms with Crippen LogP contribution in [0.25, 0.3) is 0 Å². The van der Waals surface area contributed by atoms with Crippen molar-refractivity contribution in [2.24, 2.45) is 5.92 Å². The first kappa shape index (κ1) is 13.9. The molecule has 0 atom stereocenters. The molecule has 0 aromatic rings. The second-order valence-corrected chi connectivity index (χ2v) is 2.97. The van der Waals surface area contributed by atoms with Crippen molar-refractivity contribution in [3.8, 4) is 24.7 Å². The summed E-state index contributed by atoms with van der Waals surface area (Å²) in [7, 11) is 0. The molecule has 0 aromatic carbocycles. The predicted molar refractivity (Wildman–Crippen MR) is 56.2 cm³/mol. The van der Waals surface area contributed by atoms with Crippen molar-refractivity contribution >= 4 is 12.4 Å². The fraction of sp³-hybridized carbons (Fsp3) is 0.600. The molecule has 0 aliphatic heterocycles. The maximum Gasteiger partial charge on any atom is 0.0607 e. The number of halogens is 1. The summed E-state index contributed by atoms with van der Waals surface area (Å²) in [6.45, 7) is 6.60.